The zero-order valence-corrected chi connectivity index (χ0v) is 19.5. The van der Waals surface area contributed by atoms with Crippen molar-refractivity contribution >= 4 is 17.6 Å². The van der Waals surface area contributed by atoms with Gasteiger partial charge >= 0.3 is 5.97 Å². The van der Waals surface area contributed by atoms with Gasteiger partial charge in [0, 0.05) is 55.3 Å². The Balaban J connectivity index is 0. The van der Waals surface area contributed by atoms with Gasteiger partial charge in [0.1, 0.15) is 11.3 Å². The van der Waals surface area contributed by atoms with E-state index in [0.717, 1.165) is 0 Å². The number of ether oxygens (including phenoxy) is 1. The Morgan fingerprint density at radius 3 is 2.36 bits per heavy atom. The van der Waals surface area contributed by atoms with E-state index in [0.29, 0.717) is 0 Å². The average molecular weight is 588 g/mol. The summed E-state index contributed by atoms with van der Waals surface area (Å²) in [4.78, 5) is 10.6. The number of hydrogen-bond donors (Lipinski definition) is 1. The molecule has 0 radical (unpaired) electrons. The van der Waals surface area contributed by atoms with E-state index < -0.39 is 5.97 Å². The molecule has 0 amide bonds. The molecule has 0 aliphatic heterocycles. The molecule has 0 aromatic heterocycles. The van der Waals surface area contributed by atoms with E-state index in [1.54, 1.807) is 12.1 Å². The second kappa shape index (κ2) is 7.88. The Morgan fingerprint density at radius 2 is 2.00 bits per heavy atom. The van der Waals surface area contributed by atoms with Gasteiger partial charge in [-0.15, -0.1) is 0 Å². The van der Waals surface area contributed by atoms with E-state index in [2.05, 4.69) is 0 Å². The summed E-state index contributed by atoms with van der Waals surface area (Å²) >= 11 is 5.64. The smallest absolute Gasteiger partial charge is 0.341 e. The Morgan fingerprint density at radius 1 is 1.43 bits per heavy atom. The zero-order valence-electron chi connectivity index (χ0n) is 7.79. The number of benzene rings is 1. The molecule has 0 aliphatic carbocycles. The number of carbonyl (C=O) groups is 1. The molecule has 0 unspecified atom stereocenters. The van der Waals surface area contributed by atoms with E-state index >= 15 is 0 Å². The van der Waals surface area contributed by atoms with Crippen LogP contribution in [0.15, 0.2) is 18.2 Å². The molecule has 1 rings (SSSR count). The van der Waals surface area contributed by atoms with Crippen LogP contribution in [0.2, 0.25) is 5.02 Å². The van der Waals surface area contributed by atoms with E-state index in [9.17, 15) is 4.79 Å². The molecule has 1 N–H and O–H groups in total. The molecule has 0 bridgehead atoms. The third-order valence-corrected chi connectivity index (χ3v) is 1.72. The van der Waals surface area contributed by atoms with Crippen LogP contribution in [-0.2, 0) is 55.3 Å². The topological polar surface area (TPSA) is 46.5 Å². The summed E-state index contributed by atoms with van der Waals surface area (Å²) in [5.41, 5.74) is 0.00154. The van der Waals surface area contributed by atoms with Gasteiger partial charge in [-0.2, -0.15) is 0 Å². The molecule has 0 saturated carbocycles. The molecule has 6 heteroatoms. The van der Waals surface area contributed by atoms with Gasteiger partial charge in [0.15, 0.2) is 0 Å². The van der Waals surface area contributed by atoms with Crippen molar-refractivity contribution in [2.24, 2.45) is 0 Å². The van der Waals surface area contributed by atoms with Gasteiger partial charge in [-0.3, -0.25) is 0 Å². The van der Waals surface area contributed by atoms with Crippen molar-refractivity contribution in [3.05, 3.63) is 28.8 Å². The second-order valence-electron chi connectivity index (χ2n) is 2.12. The summed E-state index contributed by atoms with van der Waals surface area (Å²) in [5.74, 6) is -0.813. The second-order valence-corrected chi connectivity index (χ2v) is 2.53. The maximum atomic E-state index is 10.6. The van der Waals surface area contributed by atoms with Crippen LogP contribution in [0.5, 0.6) is 5.75 Å². The van der Waals surface area contributed by atoms with E-state index in [1.807, 2.05) is 0 Å². The molecule has 0 atom stereocenters. The van der Waals surface area contributed by atoms with Gasteiger partial charge in [-0.05, 0) is 12.1 Å². The number of rotatable bonds is 2. The number of methoxy groups -OCH3 is 1. The predicted octanol–water partition coefficient (Wildman–Crippen LogP) is 2.04. The van der Waals surface area contributed by atoms with Crippen LogP contribution in [-0.4, -0.2) is 18.2 Å². The standard InChI is InChI=1S/C8H7ClO3.2Hg/c1-12-6-4-2-3-5(9)7(6)8(10)11;;/h2-4H,1H3,(H,10,11);;. The minimum absolute atomic E-state index is 0. The molecule has 0 spiro atoms. The van der Waals surface area contributed by atoms with Crippen molar-refractivity contribution in [2.45, 2.75) is 0 Å². The van der Waals surface area contributed by atoms with E-state index in [1.165, 1.54) is 13.2 Å². The monoisotopic (exact) mass is 590 g/mol. The fourth-order valence-corrected chi connectivity index (χ4v) is 1.13. The number of carboxylic acids is 1. The molecular formula is C8H7ClHg2O3. The van der Waals surface area contributed by atoms with Crippen molar-refractivity contribution in [3.63, 3.8) is 0 Å². The molecule has 0 aliphatic rings. The Labute approximate surface area is 128 Å². The molecule has 0 fully saturated rings. The van der Waals surface area contributed by atoms with Crippen molar-refractivity contribution < 1.29 is 70.0 Å². The average Bonchev–Trinajstić information content (AvgIpc) is 2.03. The van der Waals surface area contributed by atoms with Crippen molar-refractivity contribution in [1.29, 1.82) is 0 Å². The first kappa shape index (κ1) is 17.1. The van der Waals surface area contributed by atoms with E-state index in [-0.39, 0.29) is 71.7 Å². The van der Waals surface area contributed by atoms with E-state index in [4.69, 9.17) is 21.4 Å². The summed E-state index contributed by atoms with van der Waals surface area (Å²) in [6.45, 7) is 0. The van der Waals surface area contributed by atoms with Crippen molar-refractivity contribution in [3.8, 4) is 5.75 Å². The quantitative estimate of drug-likeness (QED) is 0.539. The Bertz CT molecular complexity index is 317. The van der Waals surface area contributed by atoms with Crippen LogP contribution in [0, 0.1) is 0 Å². The van der Waals surface area contributed by atoms with Crippen LogP contribution >= 0.6 is 11.6 Å². The predicted molar refractivity (Wildman–Crippen MR) is 45.0 cm³/mol. The fraction of sp³-hybridized carbons (Fsp3) is 0.125. The third kappa shape index (κ3) is 4.03. The molecule has 1 aromatic rings. The van der Waals surface area contributed by atoms with Crippen LogP contribution in [0.4, 0.5) is 0 Å². The number of carboxylic acid groups (broad SMARTS) is 1. The first-order valence-corrected chi connectivity index (χ1v) is 3.60. The maximum Gasteiger partial charge on any atom is 0.341 e. The molecule has 14 heavy (non-hydrogen) atoms. The molecule has 0 heterocycles. The molecule has 3 nitrogen and oxygen atoms in total. The largest absolute Gasteiger partial charge is 0.496 e. The van der Waals surface area contributed by atoms with Gasteiger partial charge in [0.25, 0.3) is 0 Å². The summed E-state index contributed by atoms with van der Waals surface area (Å²) in [6, 6.07) is 4.69. The third-order valence-electron chi connectivity index (χ3n) is 1.41. The van der Waals surface area contributed by atoms with Crippen LogP contribution < -0.4 is 4.74 Å². The minimum Gasteiger partial charge on any atom is -0.496 e. The number of aromatic carboxylic acids is 1. The van der Waals surface area contributed by atoms with Crippen LogP contribution in [0.25, 0.3) is 0 Å². The van der Waals surface area contributed by atoms with Gasteiger partial charge in [0.05, 0.1) is 12.1 Å². The van der Waals surface area contributed by atoms with Crippen LogP contribution in [0.3, 0.4) is 0 Å². The van der Waals surface area contributed by atoms with Gasteiger partial charge in [0.2, 0.25) is 0 Å². The van der Waals surface area contributed by atoms with Gasteiger partial charge in [-0.1, -0.05) is 17.7 Å². The molecular weight excluding hydrogens is 581 g/mol. The first-order chi connectivity index (χ1) is 5.66. The normalized spacial score (nSPS) is 8.14. The van der Waals surface area contributed by atoms with Crippen LogP contribution in [0.1, 0.15) is 10.4 Å². The Kier molecular flexibility index (Phi) is 9.60. The molecule has 0 saturated heterocycles. The van der Waals surface area contributed by atoms with Gasteiger partial charge in [-0.25, -0.2) is 4.79 Å². The maximum absolute atomic E-state index is 10.6. The summed E-state index contributed by atoms with van der Waals surface area (Å²) < 4.78 is 4.82. The summed E-state index contributed by atoms with van der Waals surface area (Å²) in [6.07, 6.45) is 0. The minimum atomic E-state index is -1.09. The fourth-order valence-electron chi connectivity index (χ4n) is 0.882. The zero-order chi connectivity index (χ0) is 9.14. The summed E-state index contributed by atoms with van der Waals surface area (Å²) in [7, 11) is 1.40. The SMILES string of the molecule is COc1cccc(Cl)c1C(=O)O.[Hg].[Hg]. The number of halogens is 1. The van der Waals surface area contributed by atoms with Gasteiger partial charge < -0.3 is 9.84 Å². The Hall–Kier alpha value is 0.650. The van der Waals surface area contributed by atoms with Crippen molar-refractivity contribution in [2.75, 3.05) is 7.11 Å². The van der Waals surface area contributed by atoms with Crippen molar-refractivity contribution in [1.82, 2.24) is 0 Å². The summed E-state index contributed by atoms with van der Waals surface area (Å²) in [5, 5.41) is 8.90. The molecule has 1 aromatic carbocycles. The molecule has 68 valence electrons. The first-order valence-electron chi connectivity index (χ1n) is 3.22. The number of hydrogen-bond acceptors (Lipinski definition) is 2.